The topological polar surface area (TPSA) is 71.4 Å². The number of carbonyl (C=O) groups excluding carboxylic acids is 1. The highest BCUT2D eigenvalue weighted by Crippen LogP contribution is 2.35. The van der Waals surface area contributed by atoms with Crippen molar-refractivity contribution in [2.45, 2.75) is 56.2 Å². The number of aryl methyl sites for hydroxylation is 1. The maximum Gasteiger partial charge on any atom is 0.315 e. The Morgan fingerprint density at radius 1 is 1.36 bits per heavy atom. The molecule has 1 atom stereocenters. The predicted molar refractivity (Wildman–Crippen MR) is 94.2 cm³/mol. The fourth-order valence-electron chi connectivity index (χ4n) is 4.13. The first-order chi connectivity index (χ1) is 12.1. The van der Waals surface area contributed by atoms with Gasteiger partial charge in [0.1, 0.15) is 5.60 Å². The van der Waals surface area contributed by atoms with E-state index in [2.05, 4.69) is 20.6 Å². The number of urea groups is 1. The number of amides is 2. The second-order valence-electron chi connectivity index (χ2n) is 7.72. The molecule has 4 rings (SSSR count). The standard InChI is InChI=1S/C18H29N5O2/c1-22-12-14(11-20-22)18(7-2-10-25-18)13-19-17(24)21-15-5-8-23(9-6-15)16-3-4-16/h11-12,15-16H,2-10,13H2,1H3,(H2,19,21,24). The van der Waals surface area contributed by atoms with E-state index in [9.17, 15) is 4.79 Å². The highest BCUT2D eigenvalue weighted by atomic mass is 16.5. The Labute approximate surface area is 149 Å². The number of nitrogens with one attached hydrogen (secondary N) is 2. The Bertz CT molecular complexity index is 598. The number of nitrogens with zero attached hydrogens (tertiary/aromatic N) is 3. The molecule has 1 aromatic heterocycles. The molecule has 3 fully saturated rings. The van der Waals surface area contributed by atoms with Gasteiger partial charge >= 0.3 is 6.03 Å². The fourth-order valence-corrected chi connectivity index (χ4v) is 4.13. The summed E-state index contributed by atoms with van der Waals surface area (Å²) in [6.45, 7) is 3.44. The molecule has 2 amide bonds. The van der Waals surface area contributed by atoms with Gasteiger partial charge in [-0.05, 0) is 38.5 Å². The van der Waals surface area contributed by atoms with Crippen LogP contribution in [0.15, 0.2) is 12.4 Å². The van der Waals surface area contributed by atoms with E-state index in [1.54, 1.807) is 4.68 Å². The summed E-state index contributed by atoms with van der Waals surface area (Å²) in [4.78, 5) is 14.9. The number of hydrogen-bond acceptors (Lipinski definition) is 4. The number of ether oxygens (including phenoxy) is 1. The van der Waals surface area contributed by atoms with E-state index in [-0.39, 0.29) is 12.1 Å². The van der Waals surface area contributed by atoms with Gasteiger partial charge in [-0.2, -0.15) is 5.10 Å². The molecule has 7 nitrogen and oxygen atoms in total. The molecular weight excluding hydrogens is 318 g/mol. The number of aromatic nitrogens is 2. The molecule has 3 aliphatic rings. The lowest BCUT2D eigenvalue weighted by Crippen LogP contribution is -2.50. The molecule has 1 unspecified atom stereocenters. The van der Waals surface area contributed by atoms with Gasteiger partial charge in [0.2, 0.25) is 0 Å². The van der Waals surface area contributed by atoms with Crippen LogP contribution in [-0.2, 0) is 17.4 Å². The first kappa shape index (κ1) is 16.8. The monoisotopic (exact) mass is 347 g/mol. The summed E-state index contributed by atoms with van der Waals surface area (Å²) in [5, 5.41) is 10.4. The summed E-state index contributed by atoms with van der Waals surface area (Å²) in [6, 6.07) is 1.03. The van der Waals surface area contributed by atoms with E-state index in [0.717, 1.165) is 57.0 Å². The van der Waals surface area contributed by atoms with Crippen molar-refractivity contribution in [3.8, 4) is 0 Å². The van der Waals surface area contributed by atoms with E-state index in [4.69, 9.17) is 4.74 Å². The zero-order valence-electron chi connectivity index (χ0n) is 15.0. The van der Waals surface area contributed by atoms with Gasteiger partial charge in [-0.1, -0.05) is 0 Å². The van der Waals surface area contributed by atoms with E-state index < -0.39 is 5.60 Å². The largest absolute Gasteiger partial charge is 0.368 e. The summed E-state index contributed by atoms with van der Waals surface area (Å²) in [5.74, 6) is 0. The van der Waals surface area contributed by atoms with Crippen LogP contribution in [0.4, 0.5) is 4.79 Å². The van der Waals surface area contributed by atoms with Crippen molar-refractivity contribution in [3.63, 3.8) is 0 Å². The molecular formula is C18H29N5O2. The molecule has 0 spiro atoms. The number of likely N-dealkylation sites (tertiary alicyclic amines) is 1. The van der Waals surface area contributed by atoms with Crippen LogP contribution in [0.2, 0.25) is 0 Å². The summed E-state index contributed by atoms with van der Waals surface area (Å²) < 4.78 is 7.81. The van der Waals surface area contributed by atoms with Gasteiger partial charge in [0.25, 0.3) is 0 Å². The van der Waals surface area contributed by atoms with Crippen molar-refractivity contribution in [2.75, 3.05) is 26.2 Å². The quantitative estimate of drug-likeness (QED) is 0.843. The Morgan fingerprint density at radius 3 is 2.76 bits per heavy atom. The van der Waals surface area contributed by atoms with E-state index in [1.165, 1.54) is 12.8 Å². The molecule has 138 valence electrons. The first-order valence-electron chi connectivity index (χ1n) is 9.56. The third-order valence-corrected chi connectivity index (χ3v) is 5.80. The molecule has 2 saturated heterocycles. The minimum Gasteiger partial charge on any atom is -0.368 e. The average Bonchev–Trinajstić information content (AvgIpc) is 3.18. The van der Waals surface area contributed by atoms with Gasteiger partial charge in [0.05, 0.1) is 12.7 Å². The van der Waals surface area contributed by atoms with Crippen molar-refractivity contribution in [3.05, 3.63) is 18.0 Å². The highest BCUT2D eigenvalue weighted by molar-refractivity contribution is 5.74. The Kier molecular flexibility index (Phi) is 4.69. The van der Waals surface area contributed by atoms with Gasteiger partial charge in [0, 0.05) is 50.6 Å². The number of rotatable bonds is 5. The minimum absolute atomic E-state index is 0.0800. The zero-order valence-corrected chi connectivity index (χ0v) is 15.0. The molecule has 25 heavy (non-hydrogen) atoms. The van der Waals surface area contributed by atoms with E-state index in [0.29, 0.717) is 6.54 Å². The third-order valence-electron chi connectivity index (χ3n) is 5.80. The SMILES string of the molecule is Cn1cc(C2(CNC(=O)NC3CCN(C4CC4)CC3)CCCO2)cn1. The van der Waals surface area contributed by atoms with Gasteiger partial charge in [-0.25, -0.2) is 4.79 Å². The van der Waals surface area contributed by atoms with Gasteiger partial charge in [0.15, 0.2) is 0 Å². The van der Waals surface area contributed by atoms with Crippen LogP contribution in [0.5, 0.6) is 0 Å². The van der Waals surface area contributed by atoms with Crippen molar-refractivity contribution in [1.29, 1.82) is 0 Å². The lowest BCUT2D eigenvalue weighted by Gasteiger charge is -2.33. The second-order valence-corrected chi connectivity index (χ2v) is 7.72. The smallest absolute Gasteiger partial charge is 0.315 e. The lowest BCUT2D eigenvalue weighted by molar-refractivity contribution is 0.00281. The average molecular weight is 347 g/mol. The summed E-state index contributed by atoms with van der Waals surface area (Å²) in [5.41, 5.74) is 0.617. The molecule has 1 saturated carbocycles. The van der Waals surface area contributed by atoms with Crippen molar-refractivity contribution >= 4 is 6.03 Å². The van der Waals surface area contributed by atoms with Crippen LogP contribution in [0.1, 0.15) is 44.1 Å². The minimum atomic E-state index is -0.430. The molecule has 2 N–H and O–H groups in total. The number of hydrogen-bond donors (Lipinski definition) is 2. The maximum atomic E-state index is 12.4. The van der Waals surface area contributed by atoms with E-state index >= 15 is 0 Å². The molecule has 0 radical (unpaired) electrons. The van der Waals surface area contributed by atoms with Gasteiger partial charge < -0.3 is 20.3 Å². The van der Waals surface area contributed by atoms with E-state index in [1.807, 2.05) is 19.4 Å². The fraction of sp³-hybridized carbons (Fsp3) is 0.778. The Morgan fingerprint density at radius 2 is 2.16 bits per heavy atom. The van der Waals surface area contributed by atoms with Crippen LogP contribution < -0.4 is 10.6 Å². The number of piperidine rings is 1. The summed E-state index contributed by atoms with van der Waals surface area (Å²) >= 11 is 0. The second kappa shape index (κ2) is 6.96. The van der Waals surface area contributed by atoms with Crippen LogP contribution in [-0.4, -0.2) is 59.0 Å². The molecule has 7 heteroatoms. The zero-order chi connectivity index (χ0) is 17.3. The summed E-state index contributed by atoms with van der Waals surface area (Å²) in [7, 11) is 1.90. The van der Waals surface area contributed by atoms with Crippen molar-refractivity contribution < 1.29 is 9.53 Å². The number of carbonyl (C=O) groups is 1. The van der Waals surface area contributed by atoms with Crippen molar-refractivity contribution in [2.24, 2.45) is 7.05 Å². The molecule has 3 heterocycles. The maximum absolute atomic E-state index is 12.4. The normalized spacial score (nSPS) is 28.2. The Balaban J connectivity index is 1.27. The predicted octanol–water partition coefficient (Wildman–Crippen LogP) is 1.35. The van der Waals surface area contributed by atoms with Crippen LogP contribution >= 0.6 is 0 Å². The molecule has 2 aliphatic heterocycles. The summed E-state index contributed by atoms with van der Waals surface area (Å²) in [6.07, 6.45) is 10.6. The van der Waals surface area contributed by atoms with Gasteiger partial charge in [-0.15, -0.1) is 0 Å². The van der Waals surface area contributed by atoms with Crippen molar-refractivity contribution in [1.82, 2.24) is 25.3 Å². The lowest BCUT2D eigenvalue weighted by atomic mass is 9.93. The third kappa shape index (κ3) is 3.82. The van der Waals surface area contributed by atoms with Crippen LogP contribution in [0.25, 0.3) is 0 Å². The highest BCUT2D eigenvalue weighted by Gasteiger charge is 2.38. The molecule has 1 aliphatic carbocycles. The van der Waals surface area contributed by atoms with Crippen LogP contribution in [0, 0.1) is 0 Å². The van der Waals surface area contributed by atoms with Crippen LogP contribution in [0.3, 0.4) is 0 Å². The molecule has 0 aromatic carbocycles. The van der Waals surface area contributed by atoms with Gasteiger partial charge in [-0.3, -0.25) is 4.68 Å². The Hall–Kier alpha value is -1.60. The first-order valence-corrected chi connectivity index (χ1v) is 9.56. The molecule has 1 aromatic rings. The molecule has 0 bridgehead atoms.